The number of nitrogens with zero attached hydrogens (tertiary/aromatic N) is 8. The molecule has 2 aromatic heterocycles. The van der Waals surface area contributed by atoms with E-state index in [1.54, 1.807) is 11.0 Å². The Morgan fingerprint density at radius 3 is 2.33 bits per heavy atom. The number of halogens is 2. The number of piperazine rings is 1. The quantitative estimate of drug-likeness (QED) is 0.0980. The molecule has 4 aliphatic heterocycles. The fraction of sp³-hybridized carbons (Fsp3) is 0.425. The molecule has 15 nitrogen and oxygen atoms in total. The number of imide groups is 1. The van der Waals surface area contributed by atoms with Gasteiger partial charge in [-0.15, -0.1) is 0 Å². The number of benzene rings is 2. The number of thiazole rings is 1. The first-order valence-corrected chi connectivity index (χ1v) is 22.8. The number of para-hydroxylation sites is 1. The van der Waals surface area contributed by atoms with Gasteiger partial charge in [0.15, 0.2) is 0 Å². The maximum absolute atomic E-state index is 13.6. The molecule has 2 aromatic carbocycles. The van der Waals surface area contributed by atoms with Gasteiger partial charge in [0, 0.05) is 13.0 Å². The number of carbonyl (C=O) groups is 4. The molecular formula is C40H46ClIN11O4S-. The molecule has 3 N–H and O–H groups in total. The van der Waals surface area contributed by atoms with Crippen molar-refractivity contribution in [3.63, 3.8) is 0 Å². The molecule has 58 heavy (non-hydrogen) atoms. The summed E-state index contributed by atoms with van der Waals surface area (Å²) in [5.41, 5.74) is 3.63. The summed E-state index contributed by atoms with van der Waals surface area (Å²) in [4.78, 5) is 73.0. The zero-order valence-corrected chi connectivity index (χ0v) is 36.2. The molecule has 8 rings (SSSR count). The molecule has 0 aliphatic carbocycles. The summed E-state index contributed by atoms with van der Waals surface area (Å²) in [5, 5.41) is 9.57. The summed E-state index contributed by atoms with van der Waals surface area (Å²) in [5.74, 6) is 1.52. The number of amides is 5. The van der Waals surface area contributed by atoms with Crippen LogP contribution in [0.2, 0.25) is 5.02 Å². The van der Waals surface area contributed by atoms with Gasteiger partial charge in [-0.3, -0.25) is 14.9 Å². The van der Waals surface area contributed by atoms with Crippen molar-refractivity contribution in [2.24, 2.45) is 5.41 Å². The van der Waals surface area contributed by atoms with Crippen molar-refractivity contribution >= 4 is 78.5 Å². The van der Waals surface area contributed by atoms with Crippen LogP contribution in [0.4, 0.5) is 43.4 Å². The number of aromatic nitrogens is 3. The van der Waals surface area contributed by atoms with Crippen molar-refractivity contribution in [3.8, 4) is 0 Å². The molecule has 0 saturated carbocycles. The van der Waals surface area contributed by atoms with Crippen LogP contribution in [-0.4, -0.2) is 104 Å². The van der Waals surface area contributed by atoms with E-state index in [0.29, 0.717) is 49.2 Å². The normalized spacial score (nSPS) is 18.7. The van der Waals surface area contributed by atoms with Gasteiger partial charge in [0.1, 0.15) is 0 Å². The zero-order chi connectivity index (χ0) is 40.4. The number of anilines is 6. The molecule has 0 unspecified atom stereocenters. The Morgan fingerprint density at radius 1 is 0.862 bits per heavy atom. The van der Waals surface area contributed by atoms with Gasteiger partial charge in [0.2, 0.25) is 5.91 Å². The van der Waals surface area contributed by atoms with Crippen LogP contribution in [0.1, 0.15) is 53.2 Å². The van der Waals surface area contributed by atoms with E-state index in [-0.39, 0.29) is 23.3 Å². The molecule has 4 saturated heterocycles. The van der Waals surface area contributed by atoms with Crippen molar-refractivity contribution < 1.29 is 40.7 Å². The number of carbonyl (C=O) groups excluding carboxylic acids is 4. The fourth-order valence-electron chi connectivity index (χ4n) is 8.01. The molecule has 4 aliphatic rings. The number of hydrogen-bond acceptors (Lipinski definition) is 12. The topological polar surface area (TPSA) is 159 Å². The van der Waals surface area contributed by atoms with Crippen LogP contribution in [-0.2, 0) is 4.79 Å². The summed E-state index contributed by atoms with van der Waals surface area (Å²) in [6, 6.07) is 15.1. The van der Waals surface area contributed by atoms with Gasteiger partial charge in [-0.1, -0.05) is 23.7 Å². The van der Waals surface area contributed by atoms with Crippen molar-refractivity contribution in [1.82, 2.24) is 28.3 Å². The van der Waals surface area contributed by atoms with E-state index in [9.17, 15) is 19.2 Å². The minimum absolute atomic E-state index is 0.231. The first-order chi connectivity index (χ1) is 28.0. The summed E-state index contributed by atoms with van der Waals surface area (Å²) in [7, 11) is 0. The van der Waals surface area contributed by atoms with Gasteiger partial charge in [0.05, 0.1) is 10.7 Å². The van der Waals surface area contributed by atoms with E-state index in [1.165, 1.54) is 17.5 Å². The Morgan fingerprint density at radius 2 is 1.59 bits per heavy atom. The number of nitrogens with one attached hydrogen (secondary N) is 3. The molecule has 0 bridgehead atoms. The van der Waals surface area contributed by atoms with Crippen LogP contribution >= 0.6 is 22.9 Å². The van der Waals surface area contributed by atoms with E-state index in [0.717, 1.165) is 101 Å². The van der Waals surface area contributed by atoms with Crippen LogP contribution in [0, 0.1) is 19.3 Å². The van der Waals surface area contributed by atoms with Crippen molar-refractivity contribution in [2.45, 2.75) is 46.0 Å². The van der Waals surface area contributed by atoms with Crippen molar-refractivity contribution in [3.05, 3.63) is 76.0 Å². The van der Waals surface area contributed by atoms with Crippen LogP contribution in [0.5, 0.6) is 0 Å². The summed E-state index contributed by atoms with van der Waals surface area (Å²) in [6.07, 6.45) is 6.08. The Balaban J connectivity index is 0.783. The third kappa shape index (κ3) is 9.16. The van der Waals surface area contributed by atoms with Gasteiger partial charge < -0.3 is 5.32 Å². The van der Waals surface area contributed by atoms with E-state index in [2.05, 4.69) is 55.9 Å². The zero-order valence-electron chi connectivity index (χ0n) is 32.5. The molecule has 306 valence electrons. The van der Waals surface area contributed by atoms with Crippen LogP contribution in [0.3, 0.4) is 0 Å². The van der Waals surface area contributed by atoms with Gasteiger partial charge in [-0.25, -0.2) is 4.79 Å². The van der Waals surface area contributed by atoms with Gasteiger partial charge >= 0.3 is 262 Å². The number of urea groups is 1. The standard InChI is InChI=1S/C40H46ClIN11O4S/c1-26-5-3-8-30(41)35(26)48-36(55)31-25-43-38(58-31)46-32-24-33(45-27(2)44-32)50-19-21-52(22-20-50)42-37(56)51-17-12-40(13-18-51)10-15-49(16-11-40)28-6-4-7-29(23-28)53-14-9-34(54)47-39(53)57/h3-8,23-25H,9-22H2,1-2H3,(H,48,55)(H,47,54,57)(H,43,44,45,46)/q-1. The van der Waals surface area contributed by atoms with Crippen molar-refractivity contribution in [1.29, 1.82) is 0 Å². The minimum atomic E-state index is -0.786. The number of likely N-dealkylation sites (tertiary alicyclic amines) is 1. The number of aryl methyl sites for hydroxylation is 2. The van der Waals surface area contributed by atoms with E-state index < -0.39 is 21.5 Å². The maximum atomic E-state index is 13.6. The van der Waals surface area contributed by atoms with E-state index in [4.69, 9.17) is 16.6 Å². The van der Waals surface area contributed by atoms with Crippen LogP contribution < -0.4 is 52.1 Å². The molecule has 4 fully saturated rings. The first kappa shape index (κ1) is 40.2. The summed E-state index contributed by atoms with van der Waals surface area (Å²) >= 11 is 6.75. The second kappa shape index (κ2) is 17.3. The Labute approximate surface area is 357 Å². The molecule has 0 radical (unpaired) electrons. The molecule has 1 spiro atoms. The van der Waals surface area contributed by atoms with Crippen molar-refractivity contribution in [2.75, 3.05) is 84.2 Å². The molecule has 18 heteroatoms. The number of piperidine rings is 2. The predicted octanol–water partition coefficient (Wildman–Crippen LogP) is 3.27. The second-order valence-corrected chi connectivity index (χ2v) is 19.4. The monoisotopic (exact) mass is 938 g/mol. The number of hydrogen-bond donors (Lipinski definition) is 3. The average molecular weight is 939 g/mol. The van der Waals surface area contributed by atoms with Crippen LogP contribution in [0.25, 0.3) is 0 Å². The fourth-order valence-corrected chi connectivity index (χ4v) is 11.3. The van der Waals surface area contributed by atoms with E-state index >= 15 is 0 Å². The average Bonchev–Trinajstić information content (AvgIpc) is 3.68. The number of rotatable bonds is 9. The second-order valence-electron chi connectivity index (χ2n) is 15.2. The third-order valence-electron chi connectivity index (χ3n) is 11.4. The predicted molar refractivity (Wildman–Crippen MR) is 222 cm³/mol. The Kier molecular flexibility index (Phi) is 12.0. The summed E-state index contributed by atoms with van der Waals surface area (Å²) < 4.78 is 2.65. The molecule has 0 atom stereocenters. The molecule has 4 aromatic rings. The Bertz CT molecular complexity index is 2180. The first-order valence-electron chi connectivity index (χ1n) is 19.6. The van der Waals surface area contributed by atoms with E-state index in [1.807, 2.05) is 44.2 Å². The Hall–Kier alpha value is -4.59. The molecule has 6 heterocycles. The third-order valence-corrected chi connectivity index (χ3v) is 15.4. The molecule has 5 amide bonds. The van der Waals surface area contributed by atoms with Gasteiger partial charge in [-0.05, 0) is 18.6 Å². The van der Waals surface area contributed by atoms with Crippen LogP contribution in [0.15, 0.2) is 54.7 Å². The van der Waals surface area contributed by atoms with Gasteiger partial charge in [0.25, 0.3) is 0 Å². The summed E-state index contributed by atoms with van der Waals surface area (Å²) in [6.45, 7) is 10.8. The SMILES string of the molecule is Cc1nc(Nc2ncc(C(=O)Nc3c(C)cccc3Cl)s2)cc(N2CCN([I-]C(=O)N3CCC4(CC3)CCN(c3cccc(N5CCC(=O)NC5=O)c3)CC4)CC2)n1. The van der Waals surface area contributed by atoms with Gasteiger partial charge in [-0.2, -0.15) is 0 Å². The molecular weight excluding hydrogens is 893 g/mol.